The summed E-state index contributed by atoms with van der Waals surface area (Å²) in [5.74, 6) is -4.00. The molecule has 0 saturated heterocycles. The van der Waals surface area contributed by atoms with Crippen molar-refractivity contribution < 1.29 is 13.6 Å². The molecule has 1 amide bonds. The van der Waals surface area contributed by atoms with Crippen molar-refractivity contribution in [2.45, 2.75) is 5.92 Å². The Labute approximate surface area is 90.1 Å². The first-order valence-electron chi connectivity index (χ1n) is 4.39. The molecule has 6 nitrogen and oxygen atoms in total. The Hall–Kier alpha value is -1.83. The molecule has 0 aromatic carbocycles. The van der Waals surface area contributed by atoms with Crippen LogP contribution >= 0.6 is 0 Å². The van der Waals surface area contributed by atoms with Crippen molar-refractivity contribution in [1.29, 1.82) is 0 Å². The van der Waals surface area contributed by atoms with Crippen LogP contribution in [0.15, 0.2) is 12.4 Å². The molecule has 0 aliphatic rings. The maximum absolute atomic E-state index is 12.8. The lowest BCUT2D eigenvalue weighted by atomic mass is 10.3. The van der Waals surface area contributed by atoms with Crippen LogP contribution in [0.2, 0.25) is 0 Å². The van der Waals surface area contributed by atoms with E-state index < -0.39 is 24.9 Å². The van der Waals surface area contributed by atoms with Crippen molar-refractivity contribution in [3.8, 4) is 0 Å². The predicted molar refractivity (Wildman–Crippen MR) is 53.0 cm³/mol. The number of nitrogens with one attached hydrogen (secondary N) is 1. The highest BCUT2D eigenvalue weighted by atomic mass is 19.3. The monoisotopic (exact) mass is 231 g/mol. The molecular formula is C8H11F2N5O. The Morgan fingerprint density at radius 1 is 1.44 bits per heavy atom. The lowest BCUT2D eigenvalue weighted by Crippen LogP contribution is -2.36. The molecule has 0 fully saturated rings. The molecular weight excluding hydrogens is 220 g/mol. The zero-order valence-corrected chi connectivity index (χ0v) is 8.28. The van der Waals surface area contributed by atoms with Crippen LogP contribution in [-0.2, 0) is 0 Å². The predicted octanol–water partition coefficient (Wildman–Crippen LogP) is -0.419. The number of rotatable bonds is 5. The second kappa shape index (κ2) is 4.79. The molecule has 0 radical (unpaired) electrons. The van der Waals surface area contributed by atoms with Crippen molar-refractivity contribution in [2.24, 2.45) is 11.5 Å². The fraction of sp³-hybridized carbons (Fsp3) is 0.375. The van der Waals surface area contributed by atoms with Gasteiger partial charge < -0.3 is 16.8 Å². The van der Waals surface area contributed by atoms with Gasteiger partial charge in [0.05, 0.1) is 13.1 Å². The number of halogens is 2. The summed E-state index contributed by atoms with van der Waals surface area (Å²) in [4.78, 5) is 18.2. The molecule has 0 spiro atoms. The first-order valence-corrected chi connectivity index (χ1v) is 4.39. The fourth-order valence-corrected chi connectivity index (χ4v) is 0.933. The highest BCUT2D eigenvalue weighted by molar-refractivity contribution is 5.95. The van der Waals surface area contributed by atoms with Crippen LogP contribution < -0.4 is 16.8 Å². The summed E-state index contributed by atoms with van der Waals surface area (Å²) in [5.41, 5.74) is 9.66. The average Bonchev–Trinajstić information content (AvgIpc) is 2.27. The number of alkyl halides is 2. The van der Waals surface area contributed by atoms with Gasteiger partial charge in [-0.15, -0.1) is 0 Å². The van der Waals surface area contributed by atoms with Gasteiger partial charge in [-0.1, -0.05) is 0 Å². The van der Waals surface area contributed by atoms with Gasteiger partial charge in [0.2, 0.25) is 0 Å². The molecule has 0 aliphatic heterocycles. The van der Waals surface area contributed by atoms with Crippen LogP contribution in [0.25, 0.3) is 0 Å². The number of carbonyl (C=O) groups is 1. The maximum Gasteiger partial charge on any atom is 0.276 e. The van der Waals surface area contributed by atoms with E-state index in [0.717, 1.165) is 0 Å². The minimum absolute atomic E-state index is 0.0804. The van der Waals surface area contributed by atoms with Gasteiger partial charge in [-0.2, -0.15) is 0 Å². The van der Waals surface area contributed by atoms with Gasteiger partial charge >= 0.3 is 0 Å². The van der Waals surface area contributed by atoms with Crippen molar-refractivity contribution >= 4 is 11.7 Å². The van der Waals surface area contributed by atoms with Gasteiger partial charge in [-0.05, 0) is 0 Å². The normalized spacial score (nSPS) is 11.2. The van der Waals surface area contributed by atoms with Gasteiger partial charge in [-0.25, -0.2) is 18.7 Å². The number of carbonyl (C=O) groups excluding carboxylic acids is 1. The zero-order valence-electron chi connectivity index (χ0n) is 8.28. The first-order chi connectivity index (χ1) is 7.46. The Morgan fingerprint density at radius 2 is 2.06 bits per heavy atom. The lowest BCUT2D eigenvalue weighted by Gasteiger charge is -2.15. The Morgan fingerprint density at radius 3 is 2.62 bits per heavy atom. The molecule has 1 aromatic rings. The molecule has 0 unspecified atom stereocenters. The number of anilines is 1. The topological polar surface area (TPSA) is 107 Å². The van der Waals surface area contributed by atoms with Gasteiger partial charge in [0.25, 0.3) is 11.8 Å². The number of amides is 1. The summed E-state index contributed by atoms with van der Waals surface area (Å²) in [6.07, 6.45) is 2.50. The van der Waals surface area contributed by atoms with Crippen LogP contribution in [0.4, 0.5) is 14.6 Å². The largest absolute Gasteiger partial charge is 0.364 e. The van der Waals surface area contributed by atoms with E-state index in [1.807, 2.05) is 0 Å². The first kappa shape index (κ1) is 12.2. The SMILES string of the molecule is NCC(F)(F)CNc1nccnc1C(N)=O. The van der Waals surface area contributed by atoms with E-state index in [4.69, 9.17) is 11.5 Å². The number of hydrogen-bond acceptors (Lipinski definition) is 5. The third-order valence-corrected chi connectivity index (χ3v) is 1.74. The Kier molecular flexibility index (Phi) is 3.67. The standard InChI is InChI=1S/C8H11F2N5O/c9-8(10,3-11)4-15-7-5(6(12)16)13-1-2-14-7/h1-2H,3-4,11H2,(H2,12,16)(H,14,15). The van der Waals surface area contributed by atoms with Crippen LogP contribution in [0, 0.1) is 0 Å². The van der Waals surface area contributed by atoms with E-state index in [1.54, 1.807) is 0 Å². The number of nitrogens with zero attached hydrogens (tertiary/aromatic N) is 2. The summed E-state index contributed by atoms with van der Waals surface area (Å²) >= 11 is 0. The smallest absolute Gasteiger partial charge is 0.276 e. The highest BCUT2D eigenvalue weighted by Crippen LogP contribution is 2.14. The van der Waals surface area contributed by atoms with Gasteiger partial charge in [0.1, 0.15) is 0 Å². The van der Waals surface area contributed by atoms with E-state index >= 15 is 0 Å². The van der Waals surface area contributed by atoms with Crippen molar-refractivity contribution in [3.63, 3.8) is 0 Å². The van der Waals surface area contributed by atoms with Crippen molar-refractivity contribution in [2.75, 3.05) is 18.4 Å². The van der Waals surface area contributed by atoms with Crippen LogP contribution in [0.3, 0.4) is 0 Å². The molecule has 1 heterocycles. The molecule has 0 bridgehead atoms. The summed E-state index contributed by atoms with van der Waals surface area (Å²) in [6.45, 7) is -1.53. The third kappa shape index (κ3) is 3.09. The second-order valence-corrected chi connectivity index (χ2v) is 3.03. The second-order valence-electron chi connectivity index (χ2n) is 3.03. The van der Waals surface area contributed by atoms with E-state index in [0.29, 0.717) is 0 Å². The number of aromatic nitrogens is 2. The Bertz CT molecular complexity index is 384. The molecule has 1 rings (SSSR count). The summed E-state index contributed by atoms with van der Waals surface area (Å²) < 4.78 is 25.6. The molecule has 88 valence electrons. The molecule has 8 heteroatoms. The third-order valence-electron chi connectivity index (χ3n) is 1.74. The highest BCUT2D eigenvalue weighted by Gasteiger charge is 2.27. The molecule has 16 heavy (non-hydrogen) atoms. The molecule has 0 atom stereocenters. The number of primary amides is 1. The maximum atomic E-state index is 12.8. The zero-order chi connectivity index (χ0) is 12.2. The van der Waals surface area contributed by atoms with Crippen LogP contribution in [0.1, 0.15) is 10.5 Å². The summed E-state index contributed by atoms with van der Waals surface area (Å²) in [7, 11) is 0. The van der Waals surface area contributed by atoms with E-state index in [9.17, 15) is 13.6 Å². The summed E-state index contributed by atoms with van der Waals surface area (Å²) in [5, 5.41) is 2.28. The molecule has 5 N–H and O–H groups in total. The van der Waals surface area contributed by atoms with Crippen molar-refractivity contribution in [3.05, 3.63) is 18.1 Å². The summed E-state index contributed by atoms with van der Waals surface area (Å²) in [6, 6.07) is 0. The van der Waals surface area contributed by atoms with E-state index in [1.165, 1.54) is 12.4 Å². The molecule has 0 saturated carbocycles. The number of hydrogen-bond donors (Lipinski definition) is 3. The Balaban J connectivity index is 2.78. The quantitative estimate of drug-likeness (QED) is 0.638. The van der Waals surface area contributed by atoms with Gasteiger partial charge in [-0.3, -0.25) is 4.79 Å². The van der Waals surface area contributed by atoms with E-state index in [2.05, 4.69) is 15.3 Å². The minimum Gasteiger partial charge on any atom is -0.364 e. The lowest BCUT2D eigenvalue weighted by molar-refractivity contribution is 0.0252. The van der Waals surface area contributed by atoms with Crippen LogP contribution in [0.5, 0.6) is 0 Å². The minimum atomic E-state index is -3.08. The molecule has 1 aromatic heterocycles. The van der Waals surface area contributed by atoms with E-state index in [-0.39, 0.29) is 11.5 Å². The number of nitrogens with two attached hydrogens (primary N) is 2. The van der Waals surface area contributed by atoms with Crippen LogP contribution in [-0.4, -0.2) is 34.9 Å². The average molecular weight is 231 g/mol. The van der Waals surface area contributed by atoms with Gasteiger partial charge in [0.15, 0.2) is 11.5 Å². The van der Waals surface area contributed by atoms with Crippen molar-refractivity contribution in [1.82, 2.24) is 9.97 Å². The molecule has 0 aliphatic carbocycles. The fourth-order valence-electron chi connectivity index (χ4n) is 0.933. The van der Waals surface area contributed by atoms with Gasteiger partial charge in [0, 0.05) is 12.4 Å².